The van der Waals surface area contributed by atoms with Gasteiger partial charge in [-0.25, -0.2) is 4.79 Å². The smallest absolute Gasteiger partial charge is 0.338 e. The van der Waals surface area contributed by atoms with Crippen LogP contribution in [0.2, 0.25) is 0 Å². The fourth-order valence-electron chi connectivity index (χ4n) is 2.63. The molecule has 0 atom stereocenters. The van der Waals surface area contributed by atoms with E-state index in [4.69, 9.17) is 18.9 Å². The van der Waals surface area contributed by atoms with Crippen LogP contribution in [0.25, 0.3) is 0 Å². The lowest BCUT2D eigenvalue weighted by atomic mass is 10.2. The maximum absolute atomic E-state index is 11.9. The minimum Gasteiger partial charge on any atom is -0.481 e. The highest BCUT2D eigenvalue weighted by Crippen LogP contribution is 2.24. The zero-order valence-corrected chi connectivity index (χ0v) is 17.8. The van der Waals surface area contributed by atoms with Gasteiger partial charge in [0.2, 0.25) is 11.8 Å². The van der Waals surface area contributed by atoms with Gasteiger partial charge in [-0.05, 0) is 48.4 Å². The Labute approximate surface area is 181 Å². The summed E-state index contributed by atoms with van der Waals surface area (Å²) in [6.07, 6.45) is 0.802. The van der Waals surface area contributed by atoms with Crippen molar-refractivity contribution in [1.29, 1.82) is 0 Å². The highest BCUT2D eigenvalue weighted by molar-refractivity contribution is 5.89. The lowest BCUT2D eigenvalue weighted by Crippen LogP contribution is -2.06. The molecule has 0 saturated carbocycles. The number of carbonyl (C=O) groups is 1. The van der Waals surface area contributed by atoms with Crippen LogP contribution in [-0.4, -0.2) is 36.8 Å². The van der Waals surface area contributed by atoms with Gasteiger partial charge in [0.05, 0.1) is 32.5 Å². The molecule has 162 valence electrons. The van der Waals surface area contributed by atoms with E-state index >= 15 is 0 Å². The molecule has 0 aliphatic rings. The molecule has 1 heterocycles. The van der Waals surface area contributed by atoms with Crippen LogP contribution in [0.15, 0.2) is 54.6 Å². The predicted octanol–water partition coefficient (Wildman–Crippen LogP) is 4.47. The van der Waals surface area contributed by atoms with Gasteiger partial charge in [-0.2, -0.15) is 9.97 Å². The topological polar surface area (TPSA) is 91.8 Å². The summed E-state index contributed by atoms with van der Waals surface area (Å²) in [5.74, 6) is 0.996. The first kappa shape index (κ1) is 21.9. The maximum Gasteiger partial charge on any atom is 0.338 e. The minimum atomic E-state index is -0.304. The van der Waals surface area contributed by atoms with Crippen molar-refractivity contribution < 1.29 is 23.7 Å². The zero-order chi connectivity index (χ0) is 22.1. The summed E-state index contributed by atoms with van der Waals surface area (Å²) in [4.78, 5) is 20.1. The van der Waals surface area contributed by atoms with Crippen molar-refractivity contribution in [3.63, 3.8) is 0 Å². The molecule has 2 aromatic carbocycles. The third-order valence-electron chi connectivity index (χ3n) is 4.26. The van der Waals surface area contributed by atoms with E-state index in [2.05, 4.69) is 15.3 Å². The minimum absolute atomic E-state index is 0.139. The number of hydrogen-bond donors (Lipinski definition) is 1. The fraction of sp³-hybridized carbons (Fsp3) is 0.261. The Morgan fingerprint density at radius 2 is 1.58 bits per heavy atom. The van der Waals surface area contributed by atoms with Gasteiger partial charge in [0, 0.05) is 12.2 Å². The summed E-state index contributed by atoms with van der Waals surface area (Å²) in [5.41, 5.74) is 2.50. The van der Waals surface area contributed by atoms with Gasteiger partial charge < -0.3 is 24.3 Å². The molecule has 0 unspecified atom stereocenters. The van der Waals surface area contributed by atoms with Crippen LogP contribution in [0.1, 0.15) is 29.3 Å². The fourth-order valence-corrected chi connectivity index (χ4v) is 2.63. The van der Waals surface area contributed by atoms with Gasteiger partial charge in [0.15, 0.2) is 0 Å². The van der Waals surface area contributed by atoms with Gasteiger partial charge in [-0.1, -0.05) is 19.1 Å². The monoisotopic (exact) mass is 423 g/mol. The number of nitrogens with zero attached hydrogens (tertiary/aromatic N) is 2. The molecule has 1 aromatic heterocycles. The molecule has 31 heavy (non-hydrogen) atoms. The average molecular weight is 423 g/mol. The number of benzene rings is 2. The van der Waals surface area contributed by atoms with Crippen LogP contribution >= 0.6 is 0 Å². The van der Waals surface area contributed by atoms with Crippen LogP contribution < -0.4 is 19.5 Å². The Balaban J connectivity index is 1.56. The van der Waals surface area contributed by atoms with E-state index in [0.717, 1.165) is 17.7 Å². The van der Waals surface area contributed by atoms with E-state index in [0.29, 0.717) is 36.2 Å². The Hall–Kier alpha value is -3.81. The normalized spacial score (nSPS) is 10.3. The lowest BCUT2D eigenvalue weighted by molar-refractivity contribution is 0.0505. The molecule has 3 rings (SSSR count). The molecule has 0 aliphatic carbocycles. The molecule has 0 fully saturated rings. The maximum atomic E-state index is 11.9. The van der Waals surface area contributed by atoms with Crippen molar-refractivity contribution in [2.24, 2.45) is 0 Å². The second-order valence-electron chi connectivity index (χ2n) is 6.55. The number of esters is 1. The number of ether oxygens (including phenoxy) is 4. The number of nitrogens with one attached hydrogen (secondary N) is 1. The summed E-state index contributed by atoms with van der Waals surface area (Å²) < 4.78 is 21.1. The summed E-state index contributed by atoms with van der Waals surface area (Å²) >= 11 is 0. The standard InChI is InChI=1S/C23H25N3O5/c1-4-13-30-22(27)17-7-9-18(10-8-17)24-15-16-5-11-19(12-6-16)31-23-25-20(28-2)14-21(26-23)29-3/h5-12,14,24H,4,13,15H2,1-3H3. The Kier molecular flexibility index (Phi) is 7.64. The van der Waals surface area contributed by atoms with Crippen molar-refractivity contribution in [3.05, 3.63) is 65.7 Å². The third kappa shape index (κ3) is 6.33. The van der Waals surface area contributed by atoms with Crippen molar-refractivity contribution in [2.75, 3.05) is 26.1 Å². The van der Waals surface area contributed by atoms with Crippen LogP contribution in [0, 0.1) is 0 Å². The molecule has 0 amide bonds. The largest absolute Gasteiger partial charge is 0.481 e. The number of aromatic nitrogens is 2. The quantitative estimate of drug-likeness (QED) is 0.478. The molecule has 0 aliphatic heterocycles. The first-order valence-electron chi connectivity index (χ1n) is 9.86. The molecule has 0 radical (unpaired) electrons. The van der Waals surface area contributed by atoms with Gasteiger partial charge in [0.25, 0.3) is 0 Å². The molecule has 0 spiro atoms. The first-order chi connectivity index (χ1) is 15.1. The average Bonchev–Trinajstić information content (AvgIpc) is 2.82. The Morgan fingerprint density at radius 1 is 0.935 bits per heavy atom. The third-order valence-corrected chi connectivity index (χ3v) is 4.26. The van der Waals surface area contributed by atoms with Gasteiger partial charge >= 0.3 is 12.0 Å². The van der Waals surface area contributed by atoms with Crippen LogP contribution in [-0.2, 0) is 11.3 Å². The molecule has 8 heteroatoms. The predicted molar refractivity (Wildman–Crippen MR) is 116 cm³/mol. The number of methoxy groups -OCH3 is 2. The summed E-state index contributed by atoms with van der Waals surface area (Å²) in [5, 5.41) is 3.32. The highest BCUT2D eigenvalue weighted by atomic mass is 16.5. The van der Waals surface area contributed by atoms with E-state index in [1.807, 2.05) is 43.3 Å². The van der Waals surface area contributed by atoms with Crippen molar-refractivity contribution in [2.45, 2.75) is 19.9 Å². The number of rotatable bonds is 10. The molecule has 0 saturated heterocycles. The number of anilines is 1. The van der Waals surface area contributed by atoms with Crippen molar-refractivity contribution >= 4 is 11.7 Å². The van der Waals surface area contributed by atoms with Gasteiger partial charge in [-0.15, -0.1) is 0 Å². The molecule has 8 nitrogen and oxygen atoms in total. The van der Waals surface area contributed by atoms with E-state index in [9.17, 15) is 4.79 Å². The zero-order valence-electron chi connectivity index (χ0n) is 17.8. The van der Waals surface area contributed by atoms with Crippen LogP contribution in [0.4, 0.5) is 5.69 Å². The van der Waals surface area contributed by atoms with Crippen molar-refractivity contribution in [3.8, 4) is 23.5 Å². The van der Waals surface area contributed by atoms with Gasteiger partial charge in [-0.3, -0.25) is 0 Å². The van der Waals surface area contributed by atoms with Crippen LogP contribution in [0.3, 0.4) is 0 Å². The molecule has 0 bridgehead atoms. The van der Waals surface area contributed by atoms with E-state index in [-0.39, 0.29) is 12.0 Å². The van der Waals surface area contributed by atoms with Crippen LogP contribution in [0.5, 0.6) is 23.5 Å². The number of hydrogen-bond acceptors (Lipinski definition) is 8. The van der Waals surface area contributed by atoms with Gasteiger partial charge in [0.1, 0.15) is 5.75 Å². The molecule has 1 N–H and O–H groups in total. The van der Waals surface area contributed by atoms with Crippen molar-refractivity contribution in [1.82, 2.24) is 9.97 Å². The SMILES string of the molecule is CCCOC(=O)c1ccc(NCc2ccc(Oc3nc(OC)cc(OC)n3)cc2)cc1. The Morgan fingerprint density at radius 3 is 2.16 bits per heavy atom. The first-order valence-corrected chi connectivity index (χ1v) is 9.86. The highest BCUT2D eigenvalue weighted by Gasteiger charge is 2.08. The summed E-state index contributed by atoms with van der Waals surface area (Å²) in [6, 6.07) is 16.5. The lowest BCUT2D eigenvalue weighted by Gasteiger charge is -2.10. The van der Waals surface area contributed by atoms with E-state index < -0.39 is 0 Å². The second kappa shape index (κ2) is 10.8. The summed E-state index contributed by atoms with van der Waals surface area (Å²) in [7, 11) is 3.03. The molecule has 3 aromatic rings. The number of carbonyl (C=O) groups excluding carboxylic acids is 1. The van der Waals surface area contributed by atoms with E-state index in [1.165, 1.54) is 14.2 Å². The Bertz CT molecular complexity index is 969. The summed E-state index contributed by atoms with van der Waals surface area (Å²) in [6.45, 7) is 3.00. The second-order valence-corrected chi connectivity index (χ2v) is 6.55. The molecular formula is C23H25N3O5. The van der Waals surface area contributed by atoms with E-state index in [1.54, 1.807) is 18.2 Å². The molecular weight excluding hydrogens is 398 g/mol.